The third kappa shape index (κ3) is 4.65. The van der Waals surface area contributed by atoms with Gasteiger partial charge in [-0.15, -0.1) is 0 Å². The average Bonchev–Trinajstić information content (AvgIpc) is 2.42. The van der Waals surface area contributed by atoms with E-state index in [-0.39, 0.29) is 22.7 Å². The lowest BCUT2D eigenvalue weighted by Gasteiger charge is -2.04. The van der Waals surface area contributed by atoms with E-state index < -0.39 is 27.8 Å². The van der Waals surface area contributed by atoms with E-state index in [0.29, 0.717) is 0 Å². The zero-order valence-electron chi connectivity index (χ0n) is 11.0. The maximum absolute atomic E-state index is 11.0. The zero-order valence-corrected chi connectivity index (χ0v) is 11.8. The van der Waals surface area contributed by atoms with E-state index in [1.54, 1.807) is 0 Å². The van der Waals surface area contributed by atoms with Gasteiger partial charge < -0.3 is 5.11 Å². The average molecular weight is 312 g/mol. The van der Waals surface area contributed by atoms with Crippen LogP contribution in [0.15, 0.2) is 23.6 Å². The van der Waals surface area contributed by atoms with Crippen LogP contribution in [0.1, 0.15) is 18.1 Å². The molecule has 0 heterocycles. The van der Waals surface area contributed by atoms with Gasteiger partial charge in [-0.1, -0.05) is 17.8 Å². The van der Waals surface area contributed by atoms with Crippen LogP contribution in [0.4, 0.5) is 11.4 Å². The first-order chi connectivity index (χ1) is 9.86. The summed E-state index contributed by atoms with van der Waals surface area (Å²) in [4.78, 5) is 31.3. The molecular weight excluding hydrogens is 300 g/mol. The van der Waals surface area contributed by atoms with Crippen molar-refractivity contribution in [2.45, 2.75) is 20.0 Å². The molecule has 0 bridgehead atoms. The summed E-state index contributed by atoms with van der Waals surface area (Å²) in [5.74, 6) is 0. The topological polar surface area (TPSA) is 124 Å². The van der Waals surface area contributed by atoms with Crippen molar-refractivity contribution in [1.82, 2.24) is 0 Å². The molecule has 0 aliphatic rings. The normalized spacial score (nSPS) is 10.8. The molecule has 1 aromatic carbocycles. The minimum atomic E-state index is -0.729. The molecule has 0 fully saturated rings. The SMILES string of the molecule is CC(=O)SC=CCc1c([N+](=O)[O-])cc(CO)cc1[N+](=O)[O-]. The van der Waals surface area contributed by atoms with Crippen LogP contribution >= 0.6 is 11.8 Å². The maximum Gasteiger partial charge on any atom is 0.280 e. The summed E-state index contributed by atoms with van der Waals surface area (Å²) in [6, 6.07) is 2.21. The van der Waals surface area contributed by atoms with Crippen LogP contribution < -0.4 is 0 Å². The van der Waals surface area contributed by atoms with Crippen LogP contribution in [0, 0.1) is 20.2 Å². The van der Waals surface area contributed by atoms with Crippen molar-refractivity contribution in [2.24, 2.45) is 0 Å². The van der Waals surface area contributed by atoms with Gasteiger partial charge in [0.05, 0.1) is 16.5 Å². The number of nitro benzene ring substituents is 2. The van der Waals surface area contributed by atoms with Gasteiger partial charge in [-0.05, 0) is 11.0 Å². The number of thioether (sulfide) groups is 1. The van der Waals surface area contributed by atoms with Crippen LogP contribution in [0.2, 0.25) is 0 Å². The smallest absolute Gasteiger partial charge is 0.280 e. The second-order valence-electron chi connectivity index (χ2n) is 3.97. The van der Waals surface area contributed by atoms with Gasteiger partial charge in [0.15, 0.2) is 5.12 Å². The van der Waals surface area contributed by atoms with Gasteiger partial charge in [0.1, 0.15) is 5.56 Å². The quantitative estimate of drug-likeness (QED) is 0.631. The fourth-order valence-corrected chi connectivity index (χ4v) is 2.02. The third-order valence-electron chi connectivity index (χ3n) is 2.49. The maximum atomic E-state index is 11.0. The lowest BCUT2D eigenvalue weighted by Crippen LogP contribution is -2.02. The molecule has 9 heteroatoms. The molecule has 0 atom stereocenters. The van der Waals surface area contributed by atoms with E-state index in [4.69, 9.17) is 5.11 Å². The molecular formula is C12H12N2O6S. The van der Waals surface area contributed by atoms with Gasteiger partial charge in [0, 0.05) is 25.5 Å². The number of benzene rings is 1. The number of aliphatic hydroxyl groups excluding tert-OH is 1. The van der Waals surface area contributed by atoms with Crippen LogP contribution in [0.5, 0.6) is 0 Å². The van der Waals surface area contributed by atoms with E-state index in [9.17, 15) is 25.0 Å². The number of hydrogen-bond acceptors (Lipinski definition) is 7. The van der Waals surface area contributed by atoms with Crippen molar-refractivity contribution in [3.8, 4) is 0 Å². The van der Waals surface area contributed by atoms with E-state index in [2.05, 4.69) is 0 Å². The summed E-state index contributed by atoms with van der Waals surface area (Å²) in [6.07, 6.45) is 1.39. The molecule has 21 heavy (non-hydrogen) atoms. The number of nitrogens with zero attached hydrogens (tertiary/aromatic N) is 2. The monoisotopic (exact) mass is 312 g/mol. The fourth-order valence-electron chi connectivity index (χ4n) is 1.63. The Balaban J connectivity index is 3.25. The van der Waals surface area contributed by atoms with Crippen LogP contribution in [0.25, 0.3) is 0 Å². The Morgan fingerprint density at radius 1 is 1.29 bits per heavy atom. The van der Waals surface area contributed by atoms with E-state index in [1.807, 2.05) is 0 Å². The molecule has 0 aliphatic carbocycles. The highest BCUT2D eigenvalue weighted by Crippen LogP contribution is 2.31. The number of aliphatic hydroxyl groups is 1. The number of carbonyl (C=O) groups is 1. The first-order valence-electron chi connectivity index (χ1n) is 5.74. The standard InChI is InChI=1S/C12H12N2O6S/c1-8(16)21-4-2-3-10-11(13(17)18)5-9(7-15)6-12(10)14(19)20/h2,4-6,15H,3,7H2,1H3. The minimum absolute atomic E-state index is 0.0569. The molecule has 0 aromatic heterocycles. The highest BCUT2D eigenvalue weighted by molar-refractivity contribution is 8.16. The van der Waals surface area contributed by atoms with Gasteiger partial charge in [-0.2, -0.15) is 0 Å². The van der Waals surface area contributed by atoms with Crippen molar-refractivity contribution in [3.05, 3.63) is 55.0 Å². The van der Waals surface area contributed by atoms with E-state index in [1.165, 1.54) is 18.4 Å². The molecule has 0 saturated carbocycles. The molecule has 0 radical (unpaired) electrons. The molecule has 0 spiro atoms. The van der Waals surface area contributed by atoms with Crippen molar-refractivity contribution < 1.29 is 19.7 Å². The predicted molar refractivity (Wildman–Crippen MR) is 76.8 cm³/mol. The third-order valence-corrected chi connectivity index (χ3v) is 3.15. The van der Waals surface area contributed by atoms with Gasteiger partial charge in [0.2, 0.25) is 0 Å². The summed E-state index contributed by atoms with van der Waals surface area (Å²) >= 11 is 0.888. The zero-order chi connectivity index (χ0) is 16.0. The Morgan fingerprint density at radius 3 is 2.19 bits per heavy atom. The van der Waals surface area contributed by atoms with Gasteiger partial charge in [-0.25, -0.2) is 0 Å². The summed E-state index contributed by atoms with van der Waals surface area (Å²) in [5, 5.41) is 32.3. The first-order valence-corrected chi connectivity index (χ1v) is 6.62. The molecule has 0 saturated heterocycles. The fraction of sp³-hybridized carbons (Fsp3) is 0.250. The molecule has 8 nitrogen and oxygen atoms in total. The van der Waals surface area contributed by atoms with Crippen molar-refractivity contribution in [3.63, 3.8) is 0 Å². The first kappa shape index (κ1) is 16.8. The molecule has 0 aliphatic heterocycles. The highest BCUT2D eigenvalue weighted by Gasteiger charge is 2.25. The second kappa shape index (κ2) is 7.50. The summed E-state index contributed by atoms with van der Waals surface area (Å²) < 4.78 is 0. The Labute approximate surface area is 123 Å². The van der Waals surface area contributed by atoms with Crippen molar-refractivity contribution in [2.75, 3.05) is 0 Å². The van der Waals surface area contributed by atoms with Crippen molar-refractivity contribution >= 4 is 28.3 Å². The highest BCUT2D eigenvalue weighted by atomic mass is 32.2. The van der Waals surface area contributed by atoms with E-state index in [0.717, 1.165) is 23.9 Å². The molecule has 1 N–H and O–H groups in total. The Bertz CT molecular complexity index is 579. The molecule has 0 amide bonds. The summed E-state index contributed by atoms with van der Waals surface area (Å²) in [6.45, 7) is 0.827. The molecule has 1 aromatic rings. The number of allylic oxidation sites excluding steroid dienone is 1. The van der Waals surface area contributed by atoms with Gasteiger partial charge >= 0.3 is 0 Å². The lowest BCUT2D eigenvalue weighted by molar-refractivity contribution is -0.395. The summed E-state index contributed by atoms with van der Waals surface area (Å²) in [7, 11) is 0. The Morgan fingerprint density at radius 2 is 1.81 bits per heavy atom. The Kier molecular flexibility index (Phi) is 6.00. The minimum Gasteiger partial charge on any atom is -0.392 e. The van der Waals surface area contributed by atoms with E-state index >= 15 is 0 Å². The molecule has 1 rings (SSSR count). The second-order valence-corrected chi connectivity index (χ2v) is 5.05. The Hall–Kier alpha value is -2.26. The van der Waals surface area contributed by atoms with Gasteiger partial charge in [0.25, 0.3) is 11.4 Å². The molecule has 112 valence electrons. The van der Waals surface area contributed by atoms with Crippen molar-refractivity contribution in [1.29, 1.82) is 0 Å². The largest absolute Gasteiger partial charge is 0.392 e. The number of nitro groups is 2. The molecule has 0 unspecified atom stereocenters. The number of carbonyl (C=O) groups excluding carboxylic acids is 1. The van der Waals surface area contributed by atoms with Crippen LogP contribution in [0.3, 0.4) is 0 Å². The van der Waals surface area contributed by atoms with Crippen LogP contribution in [-0.4, -0.2) is 20.1 Å². The van der Waals surface area contributed by atoms with Crippen LogP contribution in [-0.2, 0) is 17.8 Å². The number of hydrogen-bond donors (Lipinski definition) is 1. The predicted octanol–water partition coefficient (Wildman–Crippen LogP) is 2.33. The number of rotatable bonds is 6. The summed E-state index contributed by atoms with van der Waals surface area (Å²) in [5.41, 5.74) is -0.821. The lowest BCUT2D eigenvalue weighted by atomic mass is 10.0. The van der Waals surface area contributed by atoms with Gasteiger partial charge in [-0.3, -0.25) is 25.0 Å².